The highest BCUT2D eigenvalue weighted by Gasteiger charge is 2.14. The first-order valence-corrected chi connectivity index (χ1v) is 9.67. The molecule has 0 unspecified atom stereocenters. The van der Waals surface area contributed by atoms with Gasteiger partial charge in [0.1, 0.15) is 5.02 Å². The zero-order valence-electron chi connectivity index (χ0n) is 15.0. The zero-order chi connectivity index (χ0) is 20.1. The Bertz CT molecular complexity index is 925. The molecule has 0 aromatic heterocycles. The molecule has 0 radical (unpaired) electrons. The van der Waals surface area contributed by atoms with Crippen LogP contribution in [0.25, 0.3) is 6.08 Å². The lowest BCUT2D eigenvalue weighted by Gasteiger charge is -2.29. The fourth-order valence-electron chi connectivity index (χ4n) is 3.11. The second kappa shape index (κ2) is 9.08. The number of halogens is 2. The van der Waals surface area contributed by atoms with Crippen molar-refractivity contribution in [2.75, 3.05) is 23.3 Å². The van der Waals surface area contributed by atoms with Crippen molar-refractivity contribution in [3.63, 3.8) is 0 Å². The van der Waals surface area contributed by atoms with Gasteiger partial charge in [-0.15, -0.1) is 0 Å². The monoisotopic (exact) mass is 419 g/mol. The van der Waals surface area contributed by atoms with Gasteiger partial charge in [-0.3, -0.25) is 14.9 Å². The van der Waals surface area contributed by atoms with Crippen LogP contribution in [0.4, 0.5) is 17.1 Å². The summed E-state index contributed by atoms with van der Waals surface area (Å²) in [7, 11) is 0. The van der Waals surface area contributed by atoms with Crippen molar-refractivity contribution < 1.29 is 9.72 Å². The number of piperidine rings is 1. The number of nitrogens with zero attached hydrogens (tertiary/aromatic N) is 2. The number of hydrogen-bond acceptors (Lipinski definition) is 4. The average molecular weight is 420 g/mol. The second-order valence-electron chi connectivity index (χ2n) is 6.50. The number of carbonyl (C=O) groups excluding carboxylic acids is 1. The van der Waals surface area contributed by atoms with Crippen LogP contribution in [0.3, 0.4) is 0 Å². The SMILES string of the molecule is O=C(/C=C/c1ccc(Cl)c([N+](=O)[O-])c1)Nc1ccc(N2CCCCC2)c(Cl)c1. The highest BCUT2D eigenvalue weighted by atomic mass is 35.5. The topological polar surface area (TPSA) is 75.5 Å². The third-order valence-electron chi connectivity index (χ3n) is 4.51. The van der Waals surface area contributed by atoms with Gasteiger partial charge < -0.3 is 10.2 Å². The molecule has 1 heterocycles. The molecule has 146 valence electrons. The van der Waals surface area contributed by atoms with Crippen molar-refractivity contribution in [1.82, 2.24) is 0 Å². The quantitative estimate of drug-likeness (QED) is 0.391. The van der Waals surface area contributed by atoms with Crippen LogP contribution >= 0.6 is 23.2 Å². The van der Waals surface area contributed by atoms with Crippen LogP contribution in [0, 0.1) is 10.1 Å². The Labute approximate surface area is 172 Å². The van der Waals surface area contributed by atoms with E-state index in [4.69, 9.17) is 23.2 Å². The number of nitro benzene ring substituents is 1. The van der Waals surface area contributed by atoms with Gasteiger partial charge in [-0.2, -0.15) is 0 Å². The molecule has 2 aromatic carbocycles. The summed E-state index contributed by atoms with van der Waals surface area (Å²) in [5.74, 6) is -0.362. The van der Waals surface area contributed by atoms with Crippen LogP contribution in [0.5, 0.6) is 0 Å². The van der Waals surface area contributed by atoms with Crippen LogP contribution in [0.1, 0.15) is 24.8 Å². The van der Waals surface area contributed by atoms with Crippen molar-refractivity contribution in [3.05, 3.63) is 68.2 Å². The third kappa shape index (κ3) is 5.03. The minimum atomic E-state index is -0.564. The molecule has 1 fully saturated rings. The van der Waals surface area contributed by atoms with E-state index in [1.807, 2.05) is 12.1 Å². The Morgan fingerprint density at radius 3 is 2.50 bits per heavy atom. The van der Waals surface area contributed by atoms with E-state index in [-0.39, 0.29) is 16.6 Å². The molecule has 8 heteroatoms. The van der Waals surface area contributed by atoms with Gasteiger partial charge in [0.2, 0.25) is 5.91 Å². The summed E-state index contributed by atoms with van der Waals surface area (Å²) in [6, 6.07) is 9.80. The van der Waals surface area contributed by atoms with Gasteiger partial charge in [0.15, 0.2) is 0 Å². The smallest absolute Gasteiger partial charge is 0.288 e. The Morgan fingerprint density at radius 2 is 1.82 bits per heavy atom. The van der Waals surface area contributed by atoms with Crippen molar-refractivity contribution in [1.29, 1.82) is 0 Å². The fourth-order valence-corrected chi connectivity index (χ4v) is 3.59. The molecule has 0 saturated carbocycles. The van der Waals surface area contributed by atoms with E-state index in [0.717, 1.165) is 31.6 Å². The van der Waals surface area contributed by atoms with Crippen molar-refractivity contribution in [3.8, 4) is 0 Å². The molecule has 1 aliphatic heterocycles. The molecular weight excluding hydrogens is 401 g/mol. The molecule has 0 bridgehead atoms. The Kier molecular flexibility index (Phi) is 6.54. The van der Waals surface area contributed by atoms with Gasteiger partial charge in [0, 0.05) is 30.9 Å². The predicted molar refractivity (Wildman–Crippen MR) is 113 cm³/mol. The second-order valence-corrected chi connectivity index (χ2v) is 7.32. The molecular formula is C20H19Cl2N3O3. The molecule has 0 aliphatic carbocycles. The molecule has 1 N–H and O–H groups in total. The van der Waals surface area contributed by atoms with E-state index in [2.05, 4.69) is 10.2 Å². The summed E-state index contributed by atoms with van der Waals surface area (Å²) in [6.45, 7) is 1.97. The summed E-state index contributed by atoms with van der Waals surface area (Å²) >= 11 is 12.2. The van der Waals surface area contributed by atoms with Gasteiger partial charge in [-0.25, -0.2) is 0 Å². The number of benzene rings is 2. The van der Waals surface area contributed by atoms with Crippen molar-refractivity contribution >= 4 is 52.2 Å². The standard InChI is InChI=1S/C20H19Cl2N3O3/c21-16-7-4-14(12-19(16)25(27)28)5-9-20(26)23-15-6-8-18(17(22)13-15)24-10-2-1-3-11-24/h4-9,12-13H,1-3,10-11H2,(H,23,26)/b9-5+. The Hall–Kier alpha value is -2.57. The molecule has 28 heavy (non-hydrogen) atoms. The molecule has 1 saturated heterocycles. The van der Waals surface area contributed by atoms with Gasteiger partial charge in [0.05, 0.1) is 15.6 Å². The predicted octanol–water partition coefficient (Wildman–Crippen LogP) is 5.54. The number of amides is 1. The molecule has 1 aliphatic rings. The lowest BCUT2D eigenvalue weighted by Crippen LogP contribution is -2.29. The highest BCUT2D eigenvalue weighted by molar-refractivity contribution is 6.33. The van der Waals surface area contributed by atoms with E-state index >= 15 is 0 Å². The number of rotatable bonds is 5. The molecule has 2 aromatic rings. The van der Waals surface area contributed by atoms with Gasteiger partial charge in [0.25, 0.3) is 5.69 Å². The average Bonchev–Trinajstić information content (AvgIpc) is 2.68. The zero-order valence-corrected chi connectivity index (χ0v) is 16.5. The lowest BCUT2D eigenvalue weighted by atomic mass is 10.1. The normalized spacial score (nSPS) is 14.3. The number of nitro groups is 1. The minimum Gasteiger partial charge on any atom is -0.370 e. The van der Waals surface area contributed by atoms with Crippen molar-refractivity contribution in [2.24, 2.45) is 0 Å². The molecule has 3 rings (SSSR count). The molecule has 0 spiro atoms. The van der Waals surface area contributed by atoms with E-state index < -0.39 is 4.92 Å². The number of nitrogens with one attached hydrogen (secondary N) is 1. The maximum absolute atomic E-state index is 12.2. The first-order valence-electron chi connectivity index (χ1n) is 8.91. The maximum Gasteiger partial charge on any atom is 0.288 e. The summed E-state index contributed by atoms with van der Waals surface area (Å²) in [4.78, 5) is 24.8. The summed E-state index contributed by atoms with van der Waals surface area (Å²) in [5.41, 5.74) is 1.86. The summed E-state index contributed by atoms with van der Waals surface area (Å²) in [6.07, 6.45) is 6.35. The van der Waals surface area contributed by atoms with Crippen LogP contribution in [0.15, 0.2) is 42.5 Å². The van der Waals surface area contributed by atoms with Crippen molar-refractivity contribution in [2.45, 2.75) is 19.3 Å². The van der Waals surface area contributed by atoms with Crippen LogP contribution in [-0.2, 0) is 4.79 Å². The molecule has 0 atom stereocenters. The first-order chi connectivity index (χ1) is 13.4. The number of anilines is 2. The summed E-state index contributed by atoms with van der Waals surface area (Å²) in [5, 5.41) is 14.3. The van der Waals surface area contributed by atoms with E-state index in [9.17, 15) is 14.9 Å². The van der Waals surface area contributed by atoms with Gasteiger partial charge in [-0.1, -0.05) is 29.3 Å². The lowest BCUT2D eigenvalue weighted by molar-refractivity contribution is -0.384. The van der Waals surface area contributed by atoms with Crippen LogP contribution in [0.2, 0.25) is 10.0 Å². The third-order valence-corrected chi connectivity index (χ3v) is 5.13. The minimum absolute atomic E-state index is 0.0510. The highest BCUT2D eigenvalue weighted by Crippen LogP contribution is 2.31. The number of carbonyl (C=O) groups is 1. The fraction of sp³-hybridized carbons (Fsp3) is 0.250. The Morgan fingerprint density at radius 1 is 1.07 bits per heavy atom. The largest absolute Gasteiger partial charge is 0.370 e. The summed E-state index contributed by atoms with van der Waals surface area (Å²) < 4.78 is 0. The van der Waals surface area contributed by atoms with E-state index in [1.165, 1.54) is 30.7 Å². The maximum atomic E-state index is 12.2. The van der Waals surface area contributed by atoms with E-state index in [0.29, 0.717) is 16.3 Å². The van der Waals surface area contributed by atoms with E-state index in [1.54, 1.807) is 12.1 Å². The van der Waals surface area contributed by atoms with Gasteiger partial charge in [-0.05, 0) is 55.2 Å². The molecule has 1 amide bonds. The van der Waals surface area contributed by atoms with Crippen LogP contribution < -0.4 is 10.2 Å². The Balaban J connectivity index is 1.66. The number of hydrogen-bond donors (Lipinski definition) is 1. The van der Waals surface area contributed by atoms with Gasteiger partial charge >= 0.3 is 0 Å². The van der Waals surface area contributed by atoms with Crippen LogP contribution in [-0.4, -0.2) is 23.9 Å². The first kappa shape index (κ1) is 20.2. The molecule has 6 nitrogen and oxygen atoms in total.